The fourth-order valence-corrected chi connectivity index (χ4v) is 2.88. The summed E-state index contributed by atoms with van der Waals surface area (Å²) in [5.41, 5.74) is 1.81. The van der Waals surface area contributed by atoms with Crippen LogP contribution in [0.4, 0.5) is 10.1 Å². The molecule has 0 aliphatic heterocycles. The first-order valence-corrected chi connectivity index (χ1v) is 8.76. The average Bonchev–Trinajstić information content (AvgIpc) is 3.00. The van der Waals surface area contributed by atoms with Crippen LogP contribution in [-0.4, -0.2) is 12.3 Å². The summed E-state index contributed by atoms with van der Waals surface area (Å²) in [5.74, 6) is -0.328. The van der Waals surface area contributed by atoms with E-state index in [-0.39, 0.29) is 17.4 Å². The first-order chi connectivity index (χ1) is 12.2. The zero-order chi connectivity index (χ0) is 17.6. The van der Waals surface area contributed by atoms with Crippen LogP contribution < -0.4 is 5.32 Å². The lowest BCUT2D eigenvalue weighted by atomic mass is 10.1. The van der Waals surface area contributed by atoms with Crippen molar-refractivity contribution in [1.29, 1.82) is 0 Å². The van der Waals surface area contributed by atoms with Gasteiger partial charge in [0.2, 0.25) is 5.78 Å². The molecule has 25 heavy (non-hydrogen) atoms. The Balaban J connectivity index is 1.89. The third-order valence-electron chi connectivity index (χ3n) is 4.24. The largest absolute Gasteiger partial charge is 0.450 e. The highest BCUT2D eigenvalue weighted by atomic mass is 19.1. The number of nitrogens with one attached hydrogen (secondary N) is 1. The molecule has 0 aliphatic carbocycles. The van der Waals surface area contributed by atoms with E-state index in [1.807, 2.05) is 24.3 Å². The van der Waals surface area contributed by atoms with E-state index in [1.54, 1.807) is 0 Å². The molecule has 0 fully saturated rings. The Kier molecular flexibility index (Phi) is 5.49. The van der Waals surface area contributed by atoms with Gasteiger partial charge in [-0.2, -0.15) is 0 Å². The van der Waals surface area contributed by atoms with Crippen molar-refractivity contribution >= 4 is 22.4 Å². The van der Waals surface area contributed by atoms with Gasteiger partial charge >= 0.3 is 0 Å². The van der Waals surface area contributed by atoms with Crippen LogP contribution in [0.1, 0.15) is 48.7 Å². The molecule has 0 saturated heterocycles. The number of unbranched alkanes of at least 4 members (excludes halogenated alkanes) is 3. The summed E-state index contributed by atoms with van der Waals surface area (Å²) in [7, 11) is 0. The number of fused-ring (bicyclic) bond motifs is 1. The van der Waals surface area contributed by atoms with Gasteiger partial charge in [0.05, 0.1) is 5.69 Å². The van der Waals surface area contributed by atoms with Crippen LogP contribution in [0.25, 0.3) is 11.0 Å². The number of hydrogen-bond donors (Lipinski definition) is 1. The zero-order valence-corrected chi connectivity index (χ0v) is 14.3. The molecule has 1 aromatic heterocycles. The molecule has 1 heterocycles. The van der Waals surface area contributed by atoms with E-state index in [4.69, 9.17) is 4.42 Å². The predicted octanol–water partition coefficient (Wildman–Crippen LogP) is 5.80. The van der Waals surface area contributed by atoms with Crippen molar-refractivity contribution in [3.8, 4) is 0 Å². The Labute approximate surface area is 146 Å². The van der Waals surface area contributed by atoms with Crippen LogP contribution in [0.5, 0.6) is 0 Å². The lowest BCUT2D eigenvalue weighted by molar-refractivity contribution is 0.101. The van der Waals surface area contributed by atoms with E-state index in [0.717, 1.165) is 30.5 Å². The summed E-state index contributed by atoms with van der Waals surface area (Å²) in [6.07, 6.45) is 4.58. The molecule has 1 N–H and O–H groups in total. The maximum Gasteiger partial charge on any atom is 0.230 e. The molecule has 0 spiro atoms. The molecule has 4 heteroatoms. The van der Waals surface area contributed by atoms with Crippen LogP contribution >= 0.6 is 0 Å². The molecular weight excluding hydrogens is 317 g/mol. The summed E-state index contributed by atoms with van der Waals surface area (Å²) in [4.78, 5) is 12.8. The Morgan fingerprint density at radius 1 is 1.04 bits per heavy atom. The number of para-hydroxylation sites is 1. The number of hydrogen-bond acceptors (Lipinski definition) is 3. The van der Waals surface area contributed by atoms with Crippen molar-refractivity contribution in [3.63, 3.8) is 0 Å². The number of anilines is 1. The predicted molar refractivity (Wildman–Crippen MR) is 98.7 cm³/mol. The molecule has 3 aromatic rings. The number of halogens is 1. The molecule has 2 aromatic carbocycles. The maximum atomic E-state index is 13.1. The highest BCUT2D eigenvalue weighted by Crippen LogP contribution is 2.32. The van der Waals surface area contributed by atoms with Gasteiger partial charge in [-0.3, -0.25) is 4.79 Å². The van der Waals surface area contributed by atoms with Crippen LogP contribution in [0.3, 0.4) is 0 Å². The lowest BCUT2D eigenvalue weighted by Crippen LogP contribution is -2.07. The van der Waals surface area contributed by atoms with Gasteiger partial charge in [-0.15, -0.1) is 0 Å². The quantitative estimate of drug-likeness (QED) is 0.417. The average molecular weight is 339 g/mol. The van der Waals surface area contributed by atoms with Crippen LogP contribution in [0.15, 0.2) is 52.9 Å². The minimum absolute atomic E-state index is 0.243. The monoisotopic (exact) mass is 339 g/mol. The molecule has 0 atom stereocenters. The summed E-state index contributed by atoms with van der Waals surface area (Å²) in [5, 5.41) is 4.26. The SMILES string of the molecule is CCCCCCNc1c(C(=O)c2ccc(F)cc2)oc2ccccc12. The Hall–Kier alpha value is -2.62. The molecule has 130 valence electrons. The van der Waals surface area contributed by atoms with Crippen LogP contribution in [0.2, 0.25) is 0 Å². The van der Waals surface area contributed by atoms with Crippen molar-refractivity contribution in [2.75, 3.05) is 11.9 Å². The number of carbonyl (C=O) groups is 1. The van der Waals surface area contributed by atoms with E-state index in [2.05, 4.69) is 12.2 Å². The van der Waals surface area contributed by atoms with Gasteiger partial charge in [-0.25, -0.2) is 4.39 Å². The number of furan rings is 1. The zero-order valence-electron chi connectivity index (χ0n) is 14.3. The minimum atomic E-state index is -0.365. The van der Waals surface area contributed by atoms with E-state index >= 15 is 0 Å². The second-order valence-corrected chi connectivity index (χ2v) is 6.13. The Bertz CT molecular complexity index is 852. The van der Waals surface area contributed by atoms with Crippen molar-refractivity contribution in [2.45, 2.75) is 32.6 Å². The normalized spacial score (nSPS) is 11.0. The molecule has 0 amide bonds. The third-order valence-corrected chi connectivity index (χ3v) is 4.24. The molecule has 0 saturated carbocycles. The summed E-state index contributed by atoms with van der Waals surface area (Å²) in [6, 6.07) is 13.1. The topological polar surface area (TPSA) is 42.2 Å². The molecule has 0 bridgehead atoms. The molecule has 3 rings (SSSR count). The number of rotatable bonds is 8. The summed E-state index contributed by atoms with van der Waals surface area (Å²) >= 11 is 0. The van der Waals surface area contributed by atoms with Crippen molar-refractivity contribution in [3.05, 3.63) is 65.7 Å². The second kappa shape index (κ2) is 7.97. The molecule has 0 unspecified atom stereocenters. The van der Waals surface area contributed by atoms with Crippen molar-refractivity contribution in [1.82, 2.24) is 0 Å². The van der Waals surface area contributed by atoms with Gasteiger partial charge in [-0.1, -0.05) is 38.3 Å². The van der Waals surface area contributed by atoms with Gasteiger partial charge in [0, 0.05) is 17.5 Å². The van der Waals surface area contributed by atoms with E-state index in [1.165, 1.54) is 37.1 Å². The fraction of sp³-hybridized carbons (Fsp3) is 0.286. The number of benzene rings is 2. The maximum absolute atomic E-state index is 13.1. The van der Waals surface area contributed by atoms with Gasteiger partial charge in [-0.05, 0) is 42.8 Å². The molecule has 3 nitrogen and oxygen atoms in total. The van der Waals surface area contributed by atoms with Gasteiger partial charge in [0.25, 0.3) is 0 Å². The molecular formula is C21H22FNO2. The minimum Gasteiger partial charge on any atom is -0.450 e. The lowest BCUT2D eigenvalue weighted by Gasteiger charge is -2.07. The summed E-state index contributed by atoms with van der Waals surface area (Å²) < 4.78 is 18.9. The fourth-order valence-electron chi connectivity index (χ4n) is 2.88. The number of carbonyl (C=O) groups excluding carboxylic acids is 1. The van der Waals surface area contributed by atoms with Crippen LogP contribution in [0, 0.1) is 5.82 Å². The van der Waals surface area contributed by atoms with Crippen molar-refractivity contribution < 1.29 is 13.6 Å². The van der Waals surface area contributed by atoms with Crippen molar-refractivity contribution in [2.24, 2.45) is 0 Å². The first-order valence-electron chi connectivity index (χ1n) is 8.76. The molecule has 0 aliphatic rings. The van der Waals surface area contributed by atoms with E-state index in [9.17, 15) is 9.18 Å². The van der Waals surface area contributed by atoms with Gasteiger partial charge < -0.3 is 9.73 Å². The number of ketones is 1. The Morgan fingerprint density at radius 2 is 1.80 bits per heavy atom. The van der Waals surface area contributed by atoms with Crippen LogP contribution in [-0.2, 0) is 0 Å². The van der Waals surface area contributed by atoms with E-state index in [0.29, 0.717) is 11.1 Å². The van der Waals surface area contributed by atoms with E-state index < -0.39 is 0 Å². The second-order valence-electron chi connectivity index (χ2n) is 6.13. The Morgan fingerprint density at radius 3 is 2.56 bits per heavy atom. The molecule has 0 radical (unpaired) electrons. The highest BCUT2D eigenvalue weighted by molar-refractivity contribution is 6.14. The smallest absolute Gasteiger partial charge is 0.230 e. The van der Waals surface area contributed by atoms with Gasteiger partial charge in [0.1, 0.15) is 11.4 Å². The third kappa shape index (κ3) is 3.90. The summed E-state index contributed by atoms with van der Waals surface area (Å²) in [6.45, 7) is 2.96. The highest BCUT2D eigenvalue weighted by Gasteiger charge is 2.21. The first kappa shape index (κ1) is 17.2. The standard InChI is InChI=1S/C21H22FNO2/c1-2-3-4-7-14-23-19-17-8-5-6-9-18(17)25-21(19)20(24)15-10-12-16(22)13-11-15/h5-6,8-13,23H,2-4,7,14H2,1H3. The van der Waals surface area contributed by atoms with Gasteiger partial charge in [0.15, 0.2) is 5.76 Å².